The fraction of sp³-hybridized carbons (Fsp3) is 0.368. The summed E-state index contributed by atoms with van der Waals surface area (Å²) in [6, 6.07) is 10.5. The monoisotopic (exact) mass is 343 g/mol. The highest BCUT2D eigenvalue weighted by Crippen LogP contribution is 2.20. The van der Waals surface area contributed by atoms with Crippen molar-refractivity contribution in [1.29, 1.82) is 0 Å². The maximum atomic E-state index is 13.8. The van der Waals surface area contributed by atoms with Crippen LogP contribution >= 0.6 is 0 Å². The van der Waals surface area contributed by atoms with Crippen LogP contribution in [-0.2, 0) is 6.54 Å². The second-order valence-electron chi connectivity index (χ2n) is 6.21. The van der Waals surface area contributed by atoms with Gasteiger partial charge in [-0.15, -0.1) is 0 Å². The number of ether oxygens (including phenoxy) is 1. The Balaban J connectivity index is 1.49. The number of likely N-dealkylation sites (tertiary alicyclic amines) is 1. The minimum atomic E-state index is -0.336. The molecule has 0 radical (unpaired) electrons. The summed E-state index contributed by atoms with van der Waals surface area (Å²) in [4.78, 5) is 18.5. The van der Waals surface area contributed by atoms with Gasteiger partial charge < -0.3 is 10.1 Å². The summed E-state index contributed by atoms with van der Waals surface area (Å²) in [5.74, 6) is -0.200. The van der Waals surface area contributed by atoms with Gasteiger partial charge in [-0.25, -0.2) is 4.39 Å². The maximum absolute atomic E-state index is 13.8. The van der Waals surface area contributed by atoms with Crippen molar-refractivity contribution in [1.82, 2.24) is 15.2 Å². The molecule has 3 rings (SSSR count). The Morgan fingerprint density at radius 2 is 2.12 bits per heavy atom. The van der Waals surface area contributed by atoms with E-state index in [0.717, 1.165) is 31.5 Å². The molecule has 0 atom stereocenters. The standard InChI is InChI=1S/C19H22FN3O2/c1-25-18-6-5-14(12-16(18)20)13-23-10-7-15(8-11-23)22-19(24)17-4-2-3-9-21-17/h2-6,9,12,15H,7-8,10-11,13H2,1H3,(H,22,24). The third kappa shape index (κ3) is 4.54. The molecular weight excluding hydrogens is 321 g/mol. The highest BCUT2D eigenvalue weighted by Gasteiger charge is 2.21. The summed E-state index contributed by atoms with van der Waals surface area (Å²) in [5, 5.41) is 3.04. The Morgan fingerprint density at radius 1 is 1.32 bits per heavy atom. The van der Waals surface area contributed by atoms with Crippen molar-refractivity contribution < 1.29 is 13.9 Å². The molecule has 1 fully saturated rings. The lowest BCUT2D eigenvalue weighted by Gasteiger charge is -2.32. The Morgan fingerprint density at radius 3 is 2.76 bits per heavy atom. The Labute approximate surface area is 146 Å². The van der Waals surface area contributed by atoms with Crippen LogP contribution in [0.25, 0.3) is 0 Å². The van der Waals surface area contributed by atoms with E-state index in [0.29, 0.717) is 12.2 Å². The van der Waals surface area contributed by atoms with E-state index in [1.54, 1.807) is 30.5 Å². The van der Waals surface area contributed by atoms with Gasteiger partial charge in [0.1, 0.15) is 5.69 Å². The zero-order valence-electron chi connectivity index (χ0n) is 14.2. The molecule has 0 unspecified atom stereocenters. The summed E-state index contributed by atoms with van der Waals surface area (Å²) >= 11 is 0. The number of pyridine rings is 1. The average Bonchev–Trinajstić information content (AvgIpc) is 2.64. The van der Waals surface area contributed by atoms with E-state index in [1.807, 2.05) is 6.07 Å². The van der Waals surface area contributed by atoms with Gasteiger partial charge in [0.15, 0.2) is 11.6 Å². The molecule has 2 aromatic rings. The van der Waals surface area contributed by atoms with Crippen LogP contribution in [0.15, 0.2) is 42.6 Å². The Kier molecular flexibility index (Phi) is 5.60. The van der Waals surface area contributed by atoms with Crippen molar-refractivity contribution in [3.05, 3.63) is 59.7 Å². The summed E-state index contributed by atoms with van der Waals surface area (Å²) in [7, 11) is 1.46. The third-order valence-corrected chi connectivity index (χ3v) is 4.44. The van der Waals surface area contributed by atoms with Crippen LogP contribution < -0.4 is 10.1 Å². The normalized spacial score (nSPS) is 15.8. The summed E-state index contributed by atoms with van der Waals surface area (Å²) in [5.41, 5.74) is 1.37. The van der Waals surface area contributed by atoms with Gasteiger partial charge >= 0.3 is 0 Å². The molecule has 0 saturated carbocycles. The fourth-order valence-corrected chi connectivity index (χ4v) is 3.06. The van der Waals surface area contributed by atoms with Crippen molar-refractivity contribution in [2.75, 3.05) is 20.2 Å². The Hall–Kier alpha value is -2.47. The number of aromatic nitrogens is 1. The summed E-state index contributed by atoms with van der Waals surface area (Å²) in [6.45, 7) is 2.42. The van der Waals surface area contributed by atoms with Gasteiger partial charge in [-0.05, 0) is 42.7 Å². The molecule has 1 aliphatic rings. The number of nitrogens with one attached hydrogen (secondary N) is 1. The number of carbonyl (C=O) groups excluding carboxylic acids is 1. The quantitative estimate of drug-likeness (QED) is 0.907. The molecule has 1 N–H and O–H groups in total. The average molecular weight is 343 g/mol. The van der Waals surface area contributed by atoms with Crippen LogP contribution in [-0.4, -0.2) is 42.0 Å². The van der Waals surface area contributed by atoms with Crippen molar-refractivity contribution in [2.45, 2.75) is 25.4 Å². The molecule has 5 nitrogen and oxygen atoms in total. The van der Waals surface area contributed by atoms with Crippen molar-refractivity contribution in [2.24, 2.45) is 0 Å². The lowest BCUT2D eigenvalue weighted by Crippen LogP contribution is -2.44. The first kappa shape index (κ1) is 17.4. The third-order valence-electron chi connectivity index (χ3n) is 4.44. The molecule has 132 valence electrons. The van der Waals surface area contributed by atoms with Crippen LogP contribution in [0.2, 0.25) is 0 Å². The van der Waals surface area contributed by atoms with Crippen molar-refractivity contribution >= 4 is 5.91 Å². The van der Waals surface area contributed by atoms with Gasteiger partial charge in [-0.3, -0.25) is 14.7 Å². The predicted octanol–water partition coefficient (Wildman–Crippen LogP) is 2.62. The van der Waals surface area contributed by atoms with Crippen LogP contribution in [0, 0.1) is 5.82 Å². The van der Waals surface area contributed by atoms with E-state index in [-0.39, 0.29) is 23.5 Å². The summed E-state index contributed by atoms with van der Waals surface area (Å²) in [6.07, 6.45) is 3.36. The second-order valence-corrected chi connectivity index (χ2v) is 6.21. The number of halogens is 1. The van der Waals surface area contributed by atoms with Gasteiger partial charge in [0, 0.05) is 31.9 Å². The van der Waals surface area contributed by atoms with E-state index < -0.39 is 0 Å². The first-order chi connectivity index (χ1) is 12.2. The van der Waals surface area contributed by atoms with Crippen LogP contribution in [0.3, 0.4) is 0 Å². The number of benzene rings is 1. The topological polar surface area (TPSA) is 54.5 Å². The van der Waals surface area contributed by atoms with Gasteiger partial charge in [0.05, 0.1) is 7.11 Å². The van der Waals surface area contributed by atoms with Crippen LogP contribution in [0.4, 0.5) is 4.39 Å². The minimum Gasteiger partial charge on any atom is -0.494 e. The molecule has 1 aliphatic heterocycles. The number of rotatable bonds is 5. The van der Waals surface area contributed by atoms with Crippen LogP contribution in [0.1, 0.15) is 28.9 Å². The Bertz CT molecular complexity index is 716. The molecule has 1 amide bonds. The predicted molar refractivity (Wildman–Crippen MR) is 93.0 cm³/mol. The first-order valence-electron chi connectivity index (χ1n) is 8.42. The number of hydrogen-bond acceptors (Lipinski definition) is 4. The number of hydrogen-bond donors (Lipinski definition) is 1. The summed E-state index contributed by atoms with van der Waals surface area (Å²) < 4.78 is 18.7. The number of amides is 1. The highest BCUT2D eigenvalue weighted by molar-refractivity contribution is 5.92. The molecule has 0 aliphatic carbocycles. The lowest BCUT2D eigenvalue weighted by atomic mass is 10.0. The largest absolute Gasteiger partial charge is 0.494 e. The molecule has 25 heavy (non-hydrogen) atoms. The highest BCUT2D eigenvalue weighted by atomic mass is 19.1. The number of methoxy groups -OCH3 is 1. The number of nitrogens with zero attached hydrogens (tertiary/aromatic N) is 2. The molecule has 1 saturated heterocycles. The number of piperidine rings is 1. The van der Waals surface area contributed by atoms with E-state index in [2.05, 4.69) is 15.2 Å². The zero-order chi connectivity index (χ0) is 17.6. The van der Waals surface area contributed by atoms with E-state index in [1.165, 1.54) is 13.2 Å². The molecule has 2 heterocycles. The smallest absolute Gasteiger partial charge is 0.270 e. The molecular formula is C19H22FN3O2. The van der Waals surface area contributed by atoms with Gasteiger partial charge in [0.2, 0.25) is 0 Å². The molecule has 1 aromatic heterocycles. The van der Waals surface area contributed by atoms with Gasteiger partial charge in [0.25, 0.3) is 5.91 Å². The van der Waals surface area contributed by atoms with E-state index in [9.17, 15) is 9.18 Å². The first-order valence-corrected chi connectivity index (χ1v) is 8.42. The zero-order valence-corrected chi connectivity index (χ0v) is 14.2. The number of carbonyl (C=O) groups is 1. The lowest BCUT2D eigenvalue weighted by molar-refractivity contribution is 0.0904. The van der Waals surface area contributed by atoms with Gasteiger partial charge in [-0.2, -0.15) is 0 Å². The maximum Gasteiger partial charge on any atom is 0.270 e. The van der Waals surface area contributed by atoms with Crippen molar-refractivity contribution in [3.8, 4) is 5.75 Å². The fourth-order valence-electron chi connectivity index (χ4n) is 3.06. The second kappa shape index (κ2) is 8.07. The van der Waals surface area contributed by atoms with Gasteiger partial charge in [-0.1, -0.05) is 12.1 Å². The van der Waals surface area contributed by atoms with E-state index in [4.69, 9.17) is 4.74 Å². The van der Waals surface area contributed by atoms with E-state index >= 15 is 0 Å². The molecule has 0 spiro atoms. The van der Waals surface area contributed by atoms with Crippen LogP contribution in [0.5, 0.6) is 5.75 Å². The SMILES string of the molecule is COc1ccc(CN2CCC(NC(=O)c3ccccn3)CC2)cc1F. The minimum absolute atomic E-state index is 0.128. The molecule has 1 aromatic carbocycles. The van der Waals surface area contributed by atoms with Crippen molar-refractivity contribution in [3.63, 3.8) is 0 Å². The molecule has 6 heteroatoms. The molecule has 0 bridgehead atoms.